The van der Waals surface area contributed by atoms with Gasteiger partial charge in [-0.2, -0.15) is 0 Å². The predicted octanol–water partition coefficient (Wildman–Crippen LogP) is 1.77. The first-order chi connectivity index (χ1) is 4.72. The van der Waals surface area contributed by atoms with Crippen LogP contribution in [0.25, 0.3) is 0 Å². The molecule has 0 atom stereocenters. The van der Waals surface area contributed by atoms with Crippen LogP contribution in [0.1, 0.15) is 26.2 Å². The lowest BCUT2D eigenvalue weighted by Crippen LogP contribution is -2.06. The van der Waals surface area contributed by atoms with Crippen molar-refractivity contribution < 1.29 is 10.0 Å². The molecular formula is C6H10ClNO2. The van der Waals surface area contributed by atoms with Crippen LogP contribution in [0.15, 0.2) is 5.16 Å². The fourth-order valence-electron chi connectivity index (χ4n) is 0.496. The largest absolute Gasteiger partial charge is 0.410 e. The third kappa shape index (κ3) is 3.45. The zero-order valence-corrected chi connectivity index (χ0v) is 6.56. The number of rotatable bonds is 4. The standard InChI is InChI=1S/C6H10ClNO2/c1-2-3-4-5(9)6(7)8-10/h10H,2-4H2,1H3/b8-6-. The lowest BCUT2D eigenvalue weighted by atomic mass is 10.2. The molecule has 0 radical (unpaired) electrons. The molecule has 1 N–H and O–H groups in total. The predicted molar refractivity (Wildman–Crippen MR) is 39.6 cm³/mol. The second-order valence-electron chi connectivity index (χ2n) is 1.92. The van der Waals surface area contributed by atoms with Crippen LogP contribution in [0.3, 0.4) is 0 Å². The number of unbranched alkanes of at least 4 members (excludes halogenated alkanes) is 1. The molecule has 0 aromatic rings. The lowest BCUT2D eigenvalue weighted by molar-refractivity contribution is -0.112. The van der Waals surface area contributed by atoms with Gasteiger partial charge in [-0.3, -0.25) is 4.79 Å². The van der Waals surface area contributed by atoms with Gasteiger partial charge in [-0.1, -0.05) is 30.1 Å². The van der Waals surface area contributed by atoms with Crippen LogP contribution in [0.4, 0.5) is 0 Å². The van der Waals surface area contributed by atoms with E-state index in [0.717, 1.165) is 12.8 Å². The molecule has 0 aliphatic rings. The molecule has 0 bridgehead atoms. The van der Waals surface area contributed by atoms with Crippen molar-refractivity contribution in [2.45, 2.75) is 26.2 Å². The summed E-state index contributed by atoms with van der Waals surface area (Å²) in [6, 6.07) is 0. The van der Waals surface area contributed by atoms with Crippen molar-refractivity contribution in [3.8, 4) is 0 Å². The molecule has 0 unspecified atom stereocenters. The summed E-state index contributed by atoms with van der Waals surface area (Å²) >= 11 is 5.20. The minimum absolute atomic E-state index is 0.300. The molecule has 0 heterocycles. The van der Waals surface area contributed by atoms with Crippen molar-refractivity contribution >= 4 is 22.6 Å². The third-order valence-corrected chi connectivity index (χ3v) is 1.36. The van der Waals surface area contributed by atoms with Gasteiger partial charge >= 0.3 is 0 Å². The zero-order valence-electron chi connectivity index (χ0n) is 5.80. The molecule has 10 heavy (non-hydrogen) atoms. The Balaban J connectivity index is 3.63. The highest BCUT2D eigenvalue weighted by Gasteiger charge is 2.06. The molecule has 0 amide bonds. The highest BCUT2D eigenvalue weighted by atomic mass is 35.5. The number of halogens is 1. The van der Waals surface area contributed by atoms with Crippen LogP contribution in [-0.4, -0.2) is 16.2 Å². The van der Waals surface area contributed by atoms with Crippen molar-refractivity contribution in [3.63, 3.8) is 0 Å². The summed E-state index contributed by atoms with van der Waals surface area (Å²) in [7, 11) is 0. The van der Waals surface area contributed by atoms with Gasteiger partial charge in [0.05, 0.1) is 0 Å². The molecule has 0 saturated heterocycles. The van der Waals surface area contributed by atoms with Gasteiger partial charge in [-0.05, 0) is 6.42 Å². The van der Waals surface area contributed by atoms with Gasteiger partial charge in [-0.25, -0.2) is 0 Å². The van der Waals surface area contributed by atoms with E-state index in [9.17, 15) is 4.79 Å². The van der Waals surface area contributed by atoms with Gasteiger partial charge in [0.25, 0.3) is 0 Å². The summed E-state index contributed by atoms with van der Waals surface area (Å²) in [5.74, 6) is -0.300. The Morgan fingerprint density at radius 3 is 2.70 bits per heavy atom. The van der Waals surface area contributed by atoms with Gasteiger partial charge in [0.15, 0.2) is 5.78 Å². The average molecular weight is 164 g/mol. The maximum Gasteiger partial charge on any atom is 0.211 e. The molecule has 0 fully saturated rings. The first kappa shape index (κ1) is 9.43. The van der Waals surface area contributed by atoms with E-state index >= 15 is 0 Å². The minimum atomic E-state index is -0.326. The molecule has 4 heteroatoms. The van der Waals surface area contributed by atoms with Crippen LogP contribution in [0.5, 0.6) is 0 Å². The third-order valence-electron chi connectivity index (χ3n) is 1.08. The Hall–Kier alpha value is -0.570. The maximum absolute atomic E-state index is 10.7. The first-order valence-electron chi connectivity index (χ1n) is 3.13. The highest BCUT2D eigenvalue weighted by molar-refractivity contribution is 6.82. The quantitative estimate of drug-likeness (QED) is 0.390. The van der Waals surface area contributed by atoms with E-state index in [4.69, 9.17) is 16.8 Å². The second kappa shape index (κ2) is 5.23. The molecular weight excluding hydrogens is 154 g/mol. The average Bonchev–Trinajstić information content (AvgIpc) is 1.98. The zero-order chi connectivity index (χ0) is 7.98. The number of ketones is 1. The summed E-state index contributed by atoms with van der Waals surface area (Å²) in [6.45, 7) is 1.97. The fourth-order valence-corrected chi connectivity index (χ4v) is 0.591. The Morgan fingerprint density at radius 2 is 2.30 bits per heavy atom. The Kier molecular flexibility index (Phi) is 4.94. The summed E-state index contributed by atoms with van der Waals surface area (Å²) < 4.78 is 0. The summed E-state index contributed by atoms with van der Waals surface area (Å²) in [4.78, 5) is 10.7. The molecule has 0 aliphatic carbocycles. The van der Waals surface area contributed by atoms with Crippen molar-refractivity contribution in [3.05, 3.63) is 0 Å². The molecule has 0 rings (SSSR count). The Bertz CT molecular complexity index is 145. The smallest absolute Gasteiger partial charge is 0.211 e. The molecule has 58 valence electrons. The van der Waals surface area contributed by atoms with E-state index in [1.54, 1.807) is 0 Å². The number of Topliss-reactive ketones (excluding diaryl/α,β-unsaturated/α-hetero) is 1. The van der Waals surface area contributed by atoms with Crippen molar-refractivity contribution in [2.75, 3.05) is 0 Å². The minimum Gasteiger partial charge on any atom is -0.410 e. The molecule has 0 aromatic heterocycles. The number of hydrogen-bond acceptors (Lipinski definition) is 3. The summed E-state index contributed by atoms with van der Waals surface area (Å²) in [6.07, 6.45) is 2.07. The number of carbonyl (C=O) groups is 1. The maximum atomic E-state index is 10.7. The summed E-state index contributed by atoms with van der Waals surface area (Å²) in [5, 5.41) is 10.3. The summed E-state index contributed by atoms with van der Waals surface area (Å²) in [5.41, 5.74) is 0. The van der Waals surface area contributed by atoms with Crippen LogP contribution in [0, 0.1) is 0 Å². The number of hydrogen-bond donors (Lipinski definition) is 1. The van der Waals surface area contributed by atoms with E-state index in [-0.39, 0.29) is 11.0 Å². The number of carbonyl (C=O) groups excluding carboxylic acids is 1. The molecule has 0 aliphatic heterocycles. The van der Waals surface area contributed by atoms with Crippen LogP contribution >= 0.6 is 11.6 Å². The van der Waals surface area contributed by atoms with E-state index in [2.05, 4.69) is 5.16 Å². The van der Waals surface area contributed by atoms with Gasteiger partial charge in [0.2, 0.25) is 5.17 Å². The van der Waals surface area contributed by atoms with E-state index in [0.29, 0.717) is 6.42 Å². The van der Waals surface area contributed by atoms with Crippen molar-refractivity contribution in [1.82, 2.24) is 0 Å². The molecule has 3 nitrogen and oxygen atoms in total. The van der Waals surface area contributed by atoms with Gasteiger partial charge < -0.3 is 5.21 Å². The number of nitrogens with zero attached hydrogens (tertiary/aromatic N) is 1. The van der Waals surface area contributed by atoms with Crippen LogP contribution in [0.2, 0.25) is 0 Å². The molecule has 0 spiro atoms. The van der Waals surface area contributed by atoms with E-state index < -0.39 is 0 Å². The topological polar surface area (TPSA) is 49.7 Å². The molecule has 0 aromatic carbocycles. The Morgan fingerprint density at radius 1 is 1.70 bits per heavy atom. The Labute approximate surface area is 64.7 Å². The van der Waals surface area contributed by atoms with Crippen LogP contribution < -0.4 is 0 Å². The highest BCUT2D eigenvalue weighted by Crippen LogP contribution is 1.98. The fraction of sp³-hybridized carbons (Fsp3) is 0.667. The second-order valence-corrected chi connectivity index (χ2v) is 2.28. The van der Waals surface area contributed by atoms with Gasteiger partial charge in [0.1, 0.15) is 0 Å². The van der Waals surface area contributed by atoms with Gasteiger partial charge in [0, 0.05) is 6.42 Å². The monoisotopic (exact) mass is 163 g/mol. The van der Waals surface area contributed by atoms with E-state index in [1.165, 1.54) is 0 Å². The first-order valence-corrected chi connectivity index (χ1v) is 3.51. The van der Waals surface area contributed by atoms with Gasteiger partial charge in [-0.15, -0.1) is 0 Å². The van der Waals surface area contributed by atoms with Crippen molar-refractivity contribution in [1.29, 1.82) is 0 Å². The number of oxime groups is 1. The van der Waals surface area contributed by atoms with Crippen molar-refractivity contribution in [2.24, 2.45) is 5.16 Å². The molecule has 0 saturated carbocycles. The SMILES string of the molecule is CCCCC(=O)/C(Cl)=N/O. The normalized spacial score (nSPS) is 11.6. The van der Waals surface area contributed by atoms with E-state index in [1.807, 2.05) is 6.92 Å². The lowest BCUT2D eigenvalue weighted by Gasteiger charge is -1.92. The van der Waals surface area contributed by atoms with Crippen LogP contribution in [-0.2, 0) is 4.79 Å².